The molecule has 5 heteroatoms. The summed E-state index contributed by atoms with van der Waals surface area (Å²) in [4.78, 5) is 19.5. The Kier molecular flexibility index (Phi) is 3.97. The van der Waals surface area contributed by atoms with Gasteiger partial charge in [0.1, 0.15) is 6.20 Å². The minimum Gasteiger partial charge on any atom is -0.248 e. The summed E-state index contributed by atoms with van der Waals surface area (Å²) >= 11 is 0. The van der Waals surface area contributed by atoms with E-state index < -0.39 is 5.97 Å². The molecular formula is C9H15N2O3+. The van der Waals surface area contributed by atoms with Gasteiger partial charge in [0.15, 0.2) is 6.20 Å². The monoisotopic (exact) mass is 199 g/mol. The van der Waals surface area contributed by atoms with Gasteiger partial charge in [0.2, 0.25) is 0 Å². The first-order valence-electron chi connectivity index (χ1n) is 4.65. The SMILES string of the molecule is CCCC[n+]1ccn(OOC(C)=O)c1. The maximum atomic E-state index is 10.4. The number of unbranched alkanes of at least 4 members (excludes halogenated alkanes) is 1. The van der Waals surface area contributed by atoms with Crippen molar-refractivity contribution in [3.8, 4) is 0 Å². The molecular weight excluding hydrogens is 184 g/mol. The number of hydrogen-bond donors (Lipinski definition) is 0. The average molecular weight is 199 g/mol. The molecule has 0 spiro atoms. The van der Waals surface area contributed by atoms with Crippen LogP contribution in [0.1, 0.15) is 26.7 Å². The summed E-state index contributed by atoms with van der Waals surface area (Å²) in [7, 11) is 0. The Morgan fingerprint density at radius 1 is 1.57 bits per heavy atom. The molecule has 0 amide bonds. The number of imidazole rings is 1. The summed E-state index contributed by atoms with van der Waals surface area (Å²) < 4.78 is 3.31. The fourth-order valence-corrected chi connectivity index (χ4v) is 0.987. The van der Waals surface area contributed by atoms with Crippen molar-refractivity contribution in [2.24, 2.45) is 0 Å². The molecule has 0 aliphatic carbocycles. The maximum absolute atomic E-state index is 10.4. The van der Waals surface area contributed by atoms with Crippen LogP contribution in [0, 0.1) is 0 Å². The van der Waals surface area contributed by atoms with E-state index in [4.69, 9.17) is 0 Å². The number of nitrogens with zero attached hydrogens (tertiary/aromatic N) is 2. The largest absolute Gasteiger partial charge is 0.357 e. The molecule has 0 aliphatic rings. The Hall–Kier alpha value is -1.52. The van der Waals surface area contributed by atoms with E-state index in [0.717, 1.165) is 19.4 Å². The maximum Gasteiger partial charge on any atom is 0.357 e. The zero-order valence-corrected chi connectivity index (χ0v) is 8.47. The zero-order valence-electron chi connectivity index (χ0n) is 8.47. The third-order valence-electron chi connectivity index (χ3n) is 1.68. The second-order valence-electron chi connectivity index (χ2n) is 3.01. The Morgan fingerprint density at radius 3 is 3.00 bits per heavy atom. The number of hydrogen-bond acceptors (Lipinski definition) is 3. The van der Waals surface area contributed by atoms with Gasteiger partial charge >= 0.3 is 5.97 Å². The van der Waals surface area contributed by atoms with Gasteiger partial charge in [-0.2, -0.15) is 0 Å². The van der Waals surface area contributed by atoms with Crippen molar-refractivity contribution in [1.82, 2.24) is 4.73 Å². The standard InChI is InChI=1S/C9H15N2O3/c1-3-4-5-10-6-7-11(8-10)14-13-9(2)12/h6-8H,3-5H2,1-2H3/q+1. The molecule has 0 atom stereocenters. The first kappa shape index (κ1) is 10.6. The van der Waals surface area contributed by atoms with Crippen LogP contribution >= 0.6 is 0 Å². The first-order chi connectivity index (χ1) is 6.72. The summed E-state index contributed by atoms with van der Waals surface area (Å²) in [6.45, 7) is 4.36. The van der Waals surface area contributed by atoms with Gasteiger partial charge in [-0.15, -0.1) is 0 Å². The predicted molar refractivity (Wildman–Crippen MR) is 47.9 cm³/mol. The highest BCUT2D eigenvalue weighted by Gasteiger charge is 2.05. The van der Waals surface area contributed by atoms with Crippen molar-refractivity contribution in [2.45, 2.75) is 33.2 Å². The highest BCUT2D eigenvalue weighted by Crippen LogP contribution is 1.87. The van der Waals surface area contributed by atoms with Gasteiger partial charge < -0.3 is 0 Å². The molecule has 1 aromatic rings. The molecule has 1 aromatic heterocycles. The number of carbonyl (C=O) groups excluding carboxylic acids is 1. The van der Waals surface area contributed by atoms with Crippen LogP contribution in [0.15, 0.2) is 18.7 Å². The fraction of sp³-hybridized carbons (Fsp3) is 0.556. The van der Waals surface area contributed by atoms with Crippen molar-refractivity contribution in [3.05, 3.63) is 18.7 Å². The summed E-state index contributed by atoms with van der Waals surface area (Å²) in [6.07, 6.45) is 7.52. The molecule has 78 valence electrons. The molecule has 0 unspecified atom stereocenters. The summed E-state index contributed by atoms with van der Waals surface area (Å²) in [5.41, 5.74) is 0. The van der Waals surface area contributed by atoms with Crippen LogP contribution in [0.25, 0.3) is 0 Å². The highest BCUT2D eigenvalue weighted by atomic mass is 17.3. The number of aromatic nitrogens is 2. The van der Waals surface area contributed by atoms with Crippen molar-refractivity contribution in [2.75, 3.05) is 0 Å². The highest BCUT2D eigenvalue weighted by molar-refractivity contribution is 5.65. The molecule has 5 nitrogen and oxygen atoms in total. The fourth-order valence-electron chi connectivity index (χ4n) is 0.987. The summed E-state index contributed by atoms with van der Waals surface area (Å²) in [6, 6.07) is 0. The molecule has 0 saturated carbocycles. The number of rotatable bonds is 5. The van der Waals surface area contributed by atoms with Crippen LogP contribution in [0.4, 0.5) is 0 Å². The smallest absolute Gasteiger partial charge is 0.248 e. The number of aryl methyl sites for hydroxylation is 1. The Morgan fingerprint density at radius 2 is 2.36 bits per heavy atom. The normalized spacial score (nSPS) is 9.86. The zero-order chi connectivity index (χ0) is 10.4. The lowest BCUT2D eigenvalue weighted by Gasteiger charge is -1.93. The molecule has 0 aromatic carbocycles. The van der Waals surface area contributed by atoms with Crippen LogP contribution in [-0.4, -0.2) is 10.7 Å². The van der Waals surface area contributed by atoms with Gasteiger partial charge in [-0.05, 0) is 11.2 Å². The lowest BCUT2D eigenvalue weighted by Crippen LogP contribution is -2.31. The van der Waals surface area contributed by atoms with Crippen molar-refractivity contribution in [3.63, 3.8) is 0 Å². The van der Waals surface area contributed by atoms with E-state index in [1.165, 1.54) is 11.7 Å². The predicted octanol–water partition coefficient (Wildman–Crippen LogP) is 0.482. The first-order valence-corrected chi connectivity index (χ1v) is 4.65. The van der Waals surface area contributed by atoms with E-state index in [9.17, 15) is 4.79 Å². The van der Waals surface area contributed by atoms with E-state index in [-0.39, 0.29) is 0 Å². The molecule has 1 heterocycles. The van der Waals surface area contributed by atoms with Gasteiger partial charge in [0.25, 0.3) is 6.33 Å². The van der Waals surface area contributed by atoms with Gasteiger partial charge in [-0.25, -0.2) is 14.2 Å². The minimum atomic E-state index is -0.473. The molecule has 1 rings (SSSR count). The van der Waals surface area contributed by atoms with Gasteiger partial charge in [-0.1, -0.05) is 18.3 Å². The molecule has 0 radical (unpaired) electrons. The molecule has 0 bridgehead atoms. The van der Waals surface area contributed by atoms with Gasteiger partial charge in [-0.3, -0.25) is 0 Å². The topological polar surface area (TPSA) is 44.3 Å². The minimum absolute atomic E-state index is 0.473. The molecule has 0 fully saturated rings. The third-order valence-corrected chi connectivity index (χ3v) is 1.68. The van der Waals surface area contributed by atoms with Gasteiger partial charge in [0.05, 0.1) is 6.54 Å². The van der Waals surface area contributed by atoms with E-state index in [0.29, 0.717) is 0 Å². The summed E-state index contributed by atoms with van der Waals surface area (Å²) in [5.74, 6) is -0.473. The van der Waals surface area contributed by atoms with E-state index in [2.05, 4.69) is 16.8 Å². The van der Waals surface area contributed by atoms with Crippen LogP contribution in [0.2, 0.25) is 0 Å². The van der Waals surface area contributed by atoms with E-state index in [1.54, 1.807) is 12.5 Å². The molecule has 14 heavy (non-hydrogen) atoms. The van der Waals surface area contributed by atoms with Crippen LogP contribution < -0.4 is 9.56 Å². The van der Waals surface area contributed by atoms with Crippen molar-refractivity contribution >= 4 is 5.97 Å². The van der Waals surface area contributed by atoms with E-state index in [1.807, 2.05) is 10.8 Å². The lowest BCUT2D eigenvalue weighted by atomic mass is 10.3. The lowest BCUT2D eigenvalue weighted by molar-refractivity contribution is -0.698. The van der Waals surface area contributed by atoms with Crippen LogP contribution in [-0.2, 0) is 16.2 Å². The summed E-state index contributed by atoms with van der Waals surface area (Å²) in [5, 5.41) is 0. The Labute approximate surface area is 82.7 Å². The molecule has 0 N–H and O–H groups in total. The number of carbonyl (C=O) groups is 1. The second kappa shape index (κ2) is 5.26. The Bertz CT molecular complexity index is 296. The van der Waals surface area contributed by atoms with Crippen LogP contribution in [0.5, 0.6) is 0 Å². The average Bonchev–Trinajstić information content (AvgIpc) is 2.59. The van der Waals surface area contributed by atoms with Gasteiger partial charge in [0, 0.05) is 6.92 Å². The second-order valence-corrected chi connectivity index (χ2v) is 3.01. The quantitative estimate of drug-likeness (QED) is 0.393. The van der Waals surface area contributed by atoms with Crippen molar-refractivity contribution < 1.29 is 19.2 Å². The molecule has 0 aliphatic heterocycles. The third kappa shape index (κ3) is 3.47. The molecule has 0 saturated heterocycles. The van der Waals surface area contributed by atoms with Crippen molar-refractivity contribution in [1.29, 1.82) is 0 Å². The van der Waals surface area contributed by atoms with Crippen LogP contribution in [0.3, 0.4) is 0 Å². The Balaban J connectivity index is 2.38. The van der Waals surface area contributed by atoms with E-state index >= 15 is 0 Å².